The lowest BCUT2D eigenvalue weighted by Gasteiger charge is -2.33. The topological polar surface area (TPSA) is 52.6 Å². The van der Waals surface area contributed by atoms with Crippen LogP contribution in [0.2, 0.25) is 0 Å². The van der Waals surface area contributed by atoms with Gasteiger partial charge in [-0.3, -0.25) is 4.79 Å². The van der Waals surface area contributed by atoms with E-state index in [-0.39, 0.29) is 5.91 Å². The van der Waals surface area contributed by atoms with Crippen molar-refractivity contribution in [3.05, 3.63) is 17.5 Å². The second kappa shape index (κ2) is 6.83. The standard InChI is InChI=1S/C17H27N5O/c1-13-4-6-21(7-5-13)16(23)15-12-14(2)18-17(19-15)22-10-8-20(3)9-11-22/h12-13H,4-11H2,1-3H3. The molecule has 0 N–H and O–H groups in total. The van der Waals surface area contributed by atoms with Gasteiger partial charge in [-0.25, -0.2) is 9.97 Å². The smallest absolute Gasteiger partial charge is 0.272 e. The third-order valence-electron chi connectivity index (χ3n) is 4.92. The number of carbonyl (C=O) groups excluding carboxylic acids is 1. The van der Waals surface area contributed by atoms with E-state index >= 15 is 0 Å². The summed E-state index contributed by atoms with van der Waals surface area (Å²) < 4.78 is 0. The van der Waals surface area contributed by atoms with E-state index in [0.29, 0.717) is 17.6 Å². The van der Waals surface area contributed by atoms with E-state index in [1.807, 2.05) is 17.9 Å². The summed E-state index contributed by atoms with van der Waals surface area (Å²) in [6.07, 6.45) is 2.17. The number of aromatic nitrogens is 2. The fourth-order valence-corrected chi connectivity index (χ4v) is 3.18. The van der Waals surface area contributed by atoms with Gasteiger partial charge < -0.3 is 14.7 Å². The highest BCUT2D eigenvalue weighted by Crippen LogP contribution is 2.19. The Bertz CT molecular complexity index is 560. The van der Waals surface area contributed by atoms with Crippen molar-refractivity contribution >= 4 is 11.9 Å². The number of likely N-dealkylation sites (N-methyl/N-ethyl adjacent to an activating group) is 1. The molecule has 23 heavy (non-hydrogen) atoms. The van der Waals surface area contributed by atoms with Crippen LogP contribution in [0.5, 0.6) is 0 Å². The van der Waals surface area contributed by atoms with Crippen LogP contribution in [0.4, 0.5) is 5.95 Å². The van der Waals surface area contributed by atoms with Crippen LogP contribution in [0, 0.1) is 12.8 Å². The molecule has 0 aromatic carbocycles. The molecule has 0 bridgehead atoms. The predicted molar refractivity (Wildman–Crippen MR) is 90.8 cm³/mol. The van der Waals surface area contributed by atoms with Crippen molar-refractivity contribution in [2.24, 2.45) is 5.92 Å². The van der Waals surface area contributed by atoms with Crippen LogP contribution in [0.15, 0.2) is 6.07 Å². The van der Waals surface area contributed by atoms with Gasteiger partial charge in [0, 0.05) is 45.0 Å². The van der Waals surface area contributed by atoms with Crippen LogP contribution in [0.3, 0.4) is 0 Å². The largest absolute Gasteiger partial charge is 0.338 e. The van der Waals surface area contributed by atoms with E-state index in [1.165, 1.54) is 0 Å². The van der Waals surface area contributed by atoms with Gasteiger partial charge in [-0.1, -0.05) is 6.92 Å². The van der Waals surface area contributed by atoms with E-state index in [2.05, 4.69) is 33.7 Å². The number of piperazine rings is 1. The molecule has 3 heterocycles. The summed E-state index contributed by atoms with van der Waals surface area (Å²) in [5, 5.41) is 0. The molecule has 3 rings (SSSR count). The minimum absolute atomic E-state index is 0.0535. The lowest BCUT2D eigenvalue weighted by molar-refractivity contribution is 0.0691. The van der Waals surface area contributed by atoms with Crippen molar-refractivity contribution in [2.45, 2.75) is 26.7 Å². The van der Waals surface area contributed by atoms with Gasteiger partial charge in [-0.15, -0.1) is 0 Å². The Labute approximate surface area is 138 Å². The number of hydrogen-bond acceptors (Lipinski definition) is 5. The highest BCUT2D eigenvalue weighted by atomic mass is 16.2. The van der Waals surface area contributed by atoms with Gasteiger partial charge in [0.1, 0.15) is 5.69 Å². The Balaban J connectivity index is 1.76. The first kappa shape index (κ1) is 16.2. The Morgan fingerprint density at radius 3 is 2.39 bits per heavy atom. The summed E-state index contributed by atoms with van der Waals surface area (Å²) in [5.74, 6) is 1.47. The molecule has 6 heteroatoms. The third kappa shape index (κ3) is 3.80. The van der Waals surface area contributed by atoms with Crippen molar-refractivity contribution in [1.29, 1.82) is 0 Å². The molecule has 2 aliphatic rings. The van der Waals surface area contributed by atoms with Crippen molar-refractivity contribution in [2.75, 3.05) is 51.2 Å². The lowest BCUT2D eigenvalue weighted by Crippen LogP contribution is -2.45. The quantitative estimate of drug-likeness (QED) is 0.825. The minimum Gasteiger partial charge on any atom is -0.338 e. The van der Waals surface area contributed by atoms with Crippen molar-refractivity contribution in [3.8, 4) is 0 Å². The monoisotopic (exact) mass is 317 g/mol. The number of amides is 1. The van der Waals surface area contributed by atoms with Gasteiger partial charge in [0.05, 0.1) is 0 Å². The zero-order valence-corrected chi connectivity index (χ0v) is 14.5. The molecule has 2 saturated heterocycles. The maximum atomic E-state index is 12.8. The molecular formula is C17H27N5O. The van der Waals surface area contributed by atoms with E-state index in [4.69, 9.17) is 0 Å². The summed E-state index contributed by atoms with van der Waals surface area (Å²) >= 11 is 0. The van der Waals surface area contributed by atoms with Crippen LogP contribution >= 0.6 is 0 Å². The van der Waals surface area contributed by atoms with Gasteiger partial charge in [-0.05, 0) is 38.8 Å². The lowest BCUT2D eigenvalue weighted by atomic mass is 9.99. The first-order valence-corrected chi connectivity index (χ1v) is 8.61. The summed E-state index contributed by atoms with van der Waals surface area (Å²) in [7, 11) is 2.13. The molecule has 126 valence electrons. The number of nitrogens with zero attached hydrogens (tertiary/aromatic N) is 5. The van der Waals surface area contributed by atoms with E-state index in [9.17, 15) is 4.79 Å². The molecular weight excluding hydrogens is 290 g/mol. The molecule has 1 aromatic rings. The van der Waals surface area contributed by atoms with Crippen molar-refractivity contribution in [1.82, 2.24) is 19.8 Å². The number of carbonyl (C=O) groups is 1. The molecule has 2 aliphatic heterocycles. The second-order valence-electron chi connectivity index (χ2n) is 6.96. The molecule has 2 fully saturated rings. The zero-order valence-electron chi connectivity index (χ0n) is 14.5. The van der Waals surface area contributed by atoms with Crippen LogP contribution in [0.25, 0.3) is 0 Å². The summed E-state index contributed by atoms with van der Waals surface area (Å²) in [6.45, 7) is 9.71. The number of likely N-dealkylation sites (tertiary alicyclic amines) is 1. The Kier molecular flexibility index (Phi) is 4.80. The first-order valence-electron chi connectivity index (χ1n) is 8.61. The normalized spacial score (nSPS) is 20.8. The van der Waals surface area contributed by atoms with Crippen LogP contribution in [-0.2, 0) is 0 Å². The number of hydrogen-bond donors (Lipinski definition) is 0. The Morgan fingerprint density at radius 1 is 1.09 bits per heavy atom. The molecule has 0 saturated carbocycles. The maximum absolute atomic E-state index is 12.8. The maximum Gasteiger partial charge on any atom is 0.272 e. The number of piperidine rings is 1. The molecule has 1 amide bonds. The molecule has 6 nitrogen and oxygen atoms in total. The van der Waals surface area contributed by atoms with Crippen molar-refractivity contribution < 1.29 is 4.79 Å². The van der Waals surface area contributed by atoms with Gasteiger partial charge in [0.25, 0.3) is 5.91 Å². The minimum atomic E-state index is 0.0535. The summed E-state index contributed by atoms with van der Waals surface area (Å²) in [5.41, 5.74) is 1.41. The van der Waals surface area contributed by atoms with Crippen LogP contribution in [0.1, 0.15) is 35.9 Å². The molecule has 0 atom stereocenters. The highest BCUT2D eigenvalue weighted by molar-refractivity contribution is 5.92. The Morgan fingerprint density at radius 2 is 1.74 bits per heavy atom. The first-order chi connectivity index (χ1) is 11.0. The molecule has 1 aromatic heterocycles. The van der Waals surface area contributed by atoms with E-state index in [1.54, 1.807) is 0 Å². The molecule has 0 unspecified atom stereocenters. The predicted octanol–water partition coefficient (Wildman–Crippen LogP) is 1.41. The fraction of sp³-hybridized carbons (Fsp3) is 0.706. The second-order valence-corrected chi connectivity index (χ2v) is 6.96. The SMILES string of the molecule is Cc1cc(C(=O)N2CCC(C)CC2)nc(N2CCN(C)CC2)n1. The van der Waals surface area contributed by atoms with Crippen LogP contribution < -0.4 is 4.90 Å². The number of anilines is 1. The van der Waals surface area contributed by atoms with E-state index < -0.39 is 0 Å². The average Bonchev–Trinajstić information content (AvgIpc) is 2.55. The van der Waals surface area contributed by atoms with Gasteiger partial charge in [-0.2, -0.15) is 0 Å². The van der Waals surface area contributed by atoms with Gasteiger partial charge in [0.15, 0.2) is 0 Å². The zero-order chi connectivity index (χ0) is 16.4. The molecule has 0 spiro atoms. The fourth-order valence-electron chi connectivity index (χ4n) is 3.18. The molecule has 0 radical (unpaired) electrons. The van der Waals surface area contributed by atoms with E-state index in [0.717, 1.165) is 57.8 Å². The summed E-state index contributed by atoms with van der Waals surface area (Å²) in [6, 6.07) is 1.82. The molecule has 0 aliphatic carbocycles. The van der Waals surface area contributed by atoms with Crippen molar-refractivity contribution in [3.63, 3.8) is 0 Å². The van der Waals surface area contributed by atoms with Gasteiger partial charge in [0.2, 0.25) is 5.95 Å². The number of aryl methyl sites for hydroxylation is 1. The number of rotatable bonds is 2. The summed E-state index contributed by atoms with van der Waals surface area (Å²) in [4.78, 5) is 28.3. The third-order valence-corrected chi connectivity index (χ3v) is 4.92. The Hall–Kier alpha value is -1.69. The van der Waals surface area contributed by atoms with Gasteiger partial charge >= 0.3 is 0 Å². The highest BCUT2D eigenvalue weighted by Gasteiger charge is 2.24. The average molecular weight is 317 g/mol. The van der Waals surface area contributed by atoms with Crippen LogP contribution in [-0.4, -0.2) is 72.0 Å².